The third kappa shape index (κ3) is 6.23. The Morgan fingerprint density at radius 3 is 2.56 bits per heavy atom. The molecule has 0 spiro atoms. The highest BCUT2D eigenvalue weighted by molar-refractivity contribution is 7.90. The van der Waals surface area contributed by atoms with Crippen molar-refractivity contribution in [3.05, 3.63) is 59.3 Å². The van der Waals surface area contributed by atoms with E-state index in [0.29, 0.717) is 36.2 Å². The first-order chi connectivity index (χ1) is 16.9. The molecule has 0 fully saturated rings. The van der Waals surface area contributed by atoms with Crippen LogP contribution in [-0.2, 0) is 30.0 Å². The van der Waals surface area contributed by atoms with E-state index in [2.05, 4.69) is 15.4 Å². The molecule has 0 saturated heterocycles. The third-order valence-electron chi connectivity index (χ3n) is 5.20. The second kappa shape index (κ2) is 10.8. The van der Waals surface area contributed by atoms with Gasteiger partial charge in [0, 0.05) is 31.4 Å². The minimum absolute atomic E-state index is 0.0459. The molecule has 0 saturated carbocycles. The first-order valence-electron chi connectivity index (χ1n) is 11.0. The SMILES string of the molecule is CCCc1cc(F)cc(-c2ccnc(C(N)=O)c2)c1NC(=O)NS(=O)(=O)c1cc(CN(C)C)n(C)n1. The quantitative estimate of drug-likeness (QED) is 0.394. The van der Waals surface area contributed by atoms with Crippen LogP contribution in [0.1, 0.15) is 35.1 Å². The number of aryl methyl sites for hydroxylation is 2. The van der Waals surface area contributed by atoms with E-state index >= 15 is 0 Å². The minimum atomic E-state index is -4.30. The van der Waals surface area contributed by atoms with Gasteiger partial charge < -0.3 is 16.0 Å². The van der Waals surface area contributed by atoms with Gasteiger partial charge in [0.1, 0.15) is 11.5 Å². The molecule has 0 radical (unpaired) electrons. The van der Waals surface area contributed by atoms with Gasteiger partial charge in [0.15, 0.2) is 5.03 Å². The summed E-state index contributed by atoms with van der Waals surface area (Å²) in [6.07, 6.45) is 2.36. The Labute approximate surface area is 208 Å². The fourth-order valence-electron chi connectivity index (χ4n) is 3.63. The number of primary amides is 1. The second-order valence-electron chi connectivity index (χ2n) is 8.43. The van der Waals surface area contributed by atoms with E-state index in [1.165, 1.54) is 41.2 Å². The van der Waals surface area contributed by atoms with Crippen molar-refractivity contribution in [1.29, 1.82) is 0 Å². The molecule has 1 aromatic carbocycles. The summed E-state index contributed by atoms with van der Waals surface area (Å²) in [7, 11) is 0.962. The van der Waals surface area contributed by atoms with Crippen molar-refractivity contribution in [1.82, 2.24) is 24.4 Å². The van der Waals surface area contributed by atoms with Gasteiger partial charge in [-0.25, -0.2) is 13.9 Å². The van der Waals surface area contributed by atoms with Crippen molar-refractivity contribution in [2.75, 3.05) is 19.4 Å². The lowest BCUT2D eigenvalue weighted by Crippen LogP contribution is -2.35. The molecule has 3 amide bonds. The lowest BCUT2D eigenvalue weighted by Gasteiger charge is -2.17. The van der Waals surface area contributed by atoms with Crippen LogP contribution in [0, 0.1) is 5.82 Å². The average molecular weight is 518 g/mol. The number of hydrogen-bond acceptors (Lipinski definition) is 7. The molecule has 36 heavy (non-hydrogen) atoms. The topological polar surface area (TPSA) is 152 Å². The Morgan fingerprint density at radius 1 is 1.19 bits per heavy atom. The van der Waals surface area contributed by atoms with Crippen LogP contribution in [0.3, 0.4) is 0 Å². The van der Waals surface area contributed by atoms with Crippen molar-refractivity contribution in [3.8, 4) is 11.1 Å². The summed E-state index contributed by atoms with van der Waals surface area (Å²) in [5, 5.41) is 6.23. The van der Waals surface area contributed by atoms with Gasteiger partial charge in [0.25, 0.3) is 15.9 Å². The summed E-state index contributed by atoms with van der Waals surface area (Å²) >= 11 is 0. The zero-order valence-corrected chi connectivity index (χ0v) is 21.2. The molecule has 0 aliphatic heterocycles. The van der Waals surface area contributed by atoms with Gasteiger partial charge in [-0.2, -0.15) is 13.5 Å². The Bertz CT molecular complexity index is 1400. The summed E-state index contributed by atoms with van der Waals surface area (Å²) < 4.78 is 43.6. The first kappa shape index (κ1) is 26.8. The number of aromatic nitrogens is 3. The van der Waals surface area contributed by atoms with Gasteiger partial charge >= 0.3 is 6.03 Å². The molecule has 0 unspecified atom stereocenters. The maximum absolute atomic E-state index is 14.5. The minimum Gasteiger partial charge on any atom is -0.364 e. The van der Waals surface area contributed by atoms with Gasteiger partial charge in [0.2, 0.25) is 0 Å². The lowest BCUT2D eigenvalue weighted by atomic mass is 9.97. The van der Waals surface area contributed by atoms with E-state index in [4.69, 9.17) is 5.73 Å². The molecule has 4 N–H and O–H groups in total. The Hall–Kier alpha value is -3.84. The summed E-state index contributed by atoms with van der Waals surface area (Å²) in [6, 6.07) is 5.66. The number of halogens is 1. The standard InChI is InChI=1S/C23H28FN7O4S/c1-5-6-15-9-16(24)11-18(14-7-8-26-19(10-14)22(25)32)21(15)27-23(33)29-36(34,35)20-12-17(13-30(2)3)31(4)28-20/h7-12H,5-6,13H2,1-4H3,(H2,25,32)(H2,27,29,33). The molecule has 0 bridgehead atoms. The highest BCUT2D eigenvalue weighted by Gasteiger charge is 2.24. The van der Waals surface area contributed by atoms with Crippen LogP contribution in [0.15, 0.2) is 41.6 Å². The molecular formula is C23H28FN7O4S. The second-order valence-corrected chi connectivity index (χ2v) is 10.1. The maximum atomic E-state index is 14.5. The Kier molecular flexibility index (Phi) is 8.05. The Balaban J connectivity index is 1.97. The van der Waals surface area contributed by atoms with Crippen molar-refractivity contribution in [2.24, 2.45) is 12.8 Å². The summed E-state index contributed by atoms with van der Waals surface area (Å²) in [5.41, 5.74) is 7.16. The van der Waals surface area contributed by atoms with Gasteiger partial charge in [-0.1, -0.05) is 13.3 Å². The number of anilines is 1. The van der Waals surface area contributed by atoms with Crippen LogP contribution in [-0.4, -0.2) is 54.1 Å². The highest BCUT2D eigenvalue weighted by atomic mass is 32.2. The number of rotatable bonds is 9. The number of pyridine rings is 1. The molecular weight excluding hydrogens is 489 g/mol. The van der Waals surface area contributed by atoms with Crippen LogP contribution in [0.25, 0.3) is 11.1 Å². The smallest absolute Gasteiger partial charge is 0.333 e. The molecule has 13 heteroatoms. The molecule has 0 atom stereocenters. The lowest BCUT2D eigenvalue weighted by molar-refractivity contribution is 0.0995. The van der Waals surface area contributed by atoms with Crippen molar-refractivity contribution < 1.29 is 22.4 Å². The number of benzene rings is 1. The fourth-order valence-corrected chi connectivity index (χ4v) is 4.55. The van der Waals surface area contributed by atoms with Crippen molar-refractivity contribution >= 4 is 27.6 Å². The van der Waals surface area contributed by atoms with Gasteiger partial charge in [-0.15, -0.1) is 0 Å². The molecule has 0 aliphatic carbocycles. The molecule has 2 heterocycles. The van der Waals surface area contributed by atoms with Crippen LogP contribution in [0.4, 0.5) is 14.9 Å². The summed E-state index contributed by atoms with van der Waals surface area (Å²) in [4.78, 5) is 30.2. The zero-order chi connectivity index (χ0) is 26.6. The molecule has 3 aromatic rings. The molecule has 11 nitrogen and oxygen atoms in total. The van der Waals surface area contributed by atoms with Gasteiger partial charge in [0.05, 0.1) is 11.4 Å². The van der Waals surface area contributed by atoms with Crippen LogP contribution >= 0.6 is 0 Å². The number of nitrogens with two attached hydrogens (primary N) is 1. The summed E-state index contributed by atoms with van der Waals surface area (Å²) in [6.45, 7) is 2.33. The van der Waals surface area contributed by atoms with E-state index in [9.17, 15) is 22.4 Å². The summed E-state index contributed by atoms with van der Waals surface area (Å²) in [5.74, 6) is -1.34. The number of carbonyl (C=O) groups excluding carboxylic acids is 2. The maximum Gasteiger partial charge on any atom is 0.333 e. The van der Waals surface area contributed by atoms with Crippen LogP contribution < -0.4 is 15.8 Å². The number of amides is 3. The first-order valence-corrected chi connectivity index (χ1v) is 12.5. The van der Waals surface area contributed by atoms with Gasteiger partial charge in [-0.3, -0.25) is 14.5 Å². The third-order valence-corrected chi connectivity index (χ3v) is 6.41. The van der Waals surface area contributed by atoms with Crippen LogP contribution in [0.5, 0.6) is 0 Å². The van der Waals surface area contributed by atoms with E-state index in [1.54, 1.807) is 7.05 Å². The highest BCUT2D eigenvalue weighted by Crippen LogP contribution is 2.33. The number of nitrogens with zero attached hydrogens (tertiary/aromatic N) is 4. The van der Waals surface area contributed by atoms with E-state index in [1.807, 2.05) is 30.6 Å². The largest absolute Gasteiger partial charge is 0.364 e. The molecule has 3 rings (SSSR count). The predicted octanol–water partition coefficient (Wildman–Crippen LogP) is 2.24. The molecule has 192 valence electrons. The Morgan fingerprint density at radius 2 is 1.92 bits per heavy atom. The number of urea groups is 1. The zero-order valence-electron chi connectivity index (χ0n) is 20.4. The molecule has 0 aliphatic rings. The number of nitrogens with one attached hydrogen (secondary N) is 2. The average Bonchev–Trinajstić information content (AvgIpc) is 3.15. The predicted molar refractivity (Wildman–Crippen MR) is 132 cm³/mol. The number of carbonyl (C=O) groups is 2. The normalized spacial score (nSPS) is 11.5. The van der Waals surface area contributed by atoms with Crippen molar-refractivity contribution in [3.63, 3.8) is 0 Å². The van der Waals surface area contributed by atoms with Gasteiger partial charge in [-0.05, 0) is 55.9 Å². The monoisotopic (exact) mass is 517 g/mol. The fraction of sp³-hybridized carbons (Fsp3) is 0.304. The van der Waals surface area contributed by atoms with E-state index < -0.39 is 27.8 Å². The number of sulfonamides is 1. The van der Waals surface area contributed by atoms with E-state index in [0.717, 1.165) is 0 Å². The van der Waals surface area contributed by atoms with E-state index in [-0.39, 0.29) is 22.0 Å². The van der Waals surface area contributed by atoms with Crippen molar-refractivity contribution in [2.45, 2.75) is 31.3 Å². The van der Waals surface area contributed by atoms with Crippen LogP contribution in [0.2, 0.25) is 0 Å². The number of hydrogen-bond donors (Lipinski definition) is 3. The molecule has 2 aromatic heterocycles.